The van der Waals surface area contributed by atoms with Gasteiger partial charge in [0.15, 0.2) is 5.96 Å². The van der Waals surface area contributed by atoms with Crippen LogP contribution in [0, 0.1) is 0 Å². The molecule has 1 heterocycles. The Morgan fingerprint density at radius 3 is 2.53 bits per heavy atom. The highest BCUT2D eigenvalue weighted by Crippen LogP contribution is 2.28. The van der Waals surface area contributed by atoms with Gasteiger partial charge in [0.25, 0.3) is 0 Å². The fraction of sp³-hybridized carbons (Fsp3) is 0.462. The third-order valence-electron chi connectivity index (χ3n) is 3.08. The first-order valence-electron chi connectivity index (χ1n) is 5.85. The molecule has 0 spiro atoms. The minimum Gasteiger partial charge on any atom is -0.497 e. The zero-order valence-corrected chi connectivity index (χ0v) is 10.6. The van der Waals surface area contributed by atoms with Gasteiger partial charge in [0.05, 0.1) is 19.7 Å². The molecule has 1 atom stereocenters. The molecule has 0 aromatic heterocycles. The van der Waals surface area contributed by atoms with E-state index >= 15 is 0 Å². The number of aliphatic imine (C=N–C) groups is 1. The Bertz CT molecular complexity index is 411. The molecule has 0 saturated heterocycles. The van der Waals surface area contributed by atoms with Crippen molar-refractivity contribution in [1.29, 1.82) is 0 Å². The smallest absolute Gasteiger partial charge is 0.192 e. The Balaban J connectivity index is 2.22. The van der Waals surface area contributed by atoms with Crippen LogP contribution < -0.4 is 10.5 Å². The molecule has 1 unspecified atom stereocenters. The molecule has 0 fully saturated rings. The second-order valence-corrected chi connectivity index (χ2v) is 4.49. The minimum absolute atomic E-state index is 0.251. The maximum absolute atomic E-state index is 5.91. The molecule has 17 heavy (non-hydrogen) atoms. The lowest BCUT2D eigenvalue weighted by atomic mass is 10.1. The van der Waals surface area contributed by atoms with Crippen molar-refractivity contribution in [1.82, 2.24) is 4.90 Å². The van der Waals surface area contributed by atoms with Gasteiger partial charge in [0.2, 0.25) is 0 Å². The summed E-state index contributed by atoms with van der Waals surface area (Å²) in [6.45, 7) is 4.99. The molecular formula is C13H19N3O. The van der Waals surface area contributed by atoms with Crippen LogP contribution in [0.1, 0.15) is 25.5 Å². The van der Waals surface area contributed by atoms with E-state index in [1.165, 1.54) is 5.56 Å². The SMILES string of the molecule is COc1ccc(C2CN=C(N)N2C(C)C)cc1. The van der Waals surface area contributed by atoms with Gasteiger partial charge < -0.3 is 15.4 Å². The molecule has 0 saturated carbocycles. The largest absolute Gasteiger partial charge is 0.497 e. The van der Waals surface area contributed by atoms with E-state index in [0.29, 0.717) is 12.0 Å². The van der Waals surface area contributed by atoms with Gasteiger partial charge in [-0.15, -0.1) is 0 Å². The first-order valence-corrected chi connectivity index (χ1v) is 5.85. The van der Waals surface area contributed by atoms with E-state index in [2.05, 4.69) is 35.9 Å². The molecule has 0 aliphatic carbocycles. The van der Waals surface area contributed by atoms with Crippen LogP contribution in [0.4, 0.5) is 0 Å². The number of nitrogens with two attached hydrogens (primary N) is 1. The van der Waals surface area contributed by atoms with Crippen LogP contribution in [0.3, 0.4) is 0 Å². The molecule has 1 aromatic rings. The molecule has 1 aromatic carbocycles. The summed E-state index contributed by atoms with van der Waals surface area (Å²) in [4.78, 5) is 6.48. The summed E-state index contributed by atoms with van der Waals surface area (Å²) in [6, 6.07) is 8.71. The van der Waals surface area contributed by atoms with Crippen LogP contribution in [0.5, 0.6) is 5.75 Å². The van der Waals surface area contributed by atoms with Crippen molar-refractivity contribution < 1.29 is 4.74 Å². The van der Waals surface area contributed by atoms with E-state index in [9.17, 15) is 0 Å². The molecule has 2 N–H and O–H groups in total. The van der Waals surface area contributed by atoms with Gasteiger partial charge in [-0.05, 0) is 31.5 Å². The van der Waals surface area contributed by atoms with Crippen molar-refractivity contribution >= 4 is 5.96 Å². The Hall–Kier alpha value is -1.71. The lowest BCUT2D eigenvalue weighted by molar-refractivity contribution is 0.290. The number of guanidine groups is 1. The normalized spacial score (nSPS) is 19.6. The fourth-order valence-electron chi connectivity index (χ4n) is 2.23. The van der Waals surface area contributed by atoms with E-state index in [-0.39, 0.29) is 6.04 Å². The average molecular weight is 233 g/mol. The van der Waals surface area contributed by atoms with Crippen LogP contribution in [-0.4, -0.2) is 30.6 Å². The molecule has 4 heteroatoms. The second-order valence-electron chi connectivity index (χ2n) is 4.49. The highest BCUT2D eigenvalue weighted by Gasteiger charge is 2.29. The minimum atomic E-state index is 0.251. The highest BCUT2D eigenvalue weighted by molar-refractivity contribution is 5.80. The first-order chi connectivity index (χ1) is 8.13. The topological polar surface area (TPSA) is 50.9 Å². The zero-order chi connectivity index (χ0) is 12.4. The van der Waals surface area contributed by atoms with E-state index in [4.69, 9.17) is 10.5 Å². The summed E-state index contributed by atoms with van der Waals surface area (Å²) >= 11 is 0. The molecule has 0 amide bonds. The van der Waals surface area contributed by atoms with Gasteiger partial charge in [-0.25, -0.2) is 0 Å². The molecule has 2 rings (SSSR count). The van der Waals surface area contributed by atoms with E-state index in [1.807, 2.05) is 12.1 Å². The van der Waals surface area contributed by atoms with Crippen LogP contribution in [0.2, 0.25) is 0 Å². The number of methoxy groups -OCH3 is 1. The summed E-state index contributed by atoms with van der Waals surface area (Å²) in [5.41, 5.74) is 7.14. The van der Waals surface area contributed by atoms with Gasteiger partial charge >= 0.3 is 0 Å². The van der Waals surface area contributed by atoms with Crippen molar-refractivity contribution in [2.75, 3.05) is 13.7 Å². The average Bonchev–Trinajstić information content (AvgIpc) is 2.71. The van der Waals surface area contributed by atoms with Crippen LogP contribution in [-0.2, 0) is 0 Å². The van der Waals surface area contributed by atoms with E-state index in [1.54, 1.807) is 7.11 Å². The van der Waals surface area contributed by atoms with Crippen molar-refractivity contribution in [2.45, 2.75) is 25.9 Å². The monoisotopic (exact) mass is 233 g/mol. The van der Waals surface area contributed by atoms with Crippen molar-refractivity contribution in [3.8, 4) is 5.75 Å². The zero-order valence-electron chi connectivity index (χ0n) is 10.6. The Labute approximate surface area is 102 Å². The summed E-state index contributed by atoms with van der Waals surface area (Å²) in [5.74, 6) is 1.51. The Kier molecular flexibility index (Phi) is 3.22. The van der Waals surface area contributed by atoms with Gasteiger partial charge in [-0.1, -0.05) is 12.1 Å². The number of rotatable bonds is 3. The van der Waals surface area contributed by atoms with Crippen molar-refractivity contribution in [2.24, 2.45) is 10.7 Å². The quantitative estimate of drug-likeness (QED) is 0.865. The standard InChI is InChI=1S/C13H19N3O/c1-9(2)16-12(8-15-13(16)14)10-4-6-11(17-3)7-5-10/h4-7,9,12H,8H2,1-3H3,(H2,14,15). The van der Waals surface area contributed by atoms with Gasteiger partial charge in [0, 0.05) is 6.04 Å². The first kappa shape index (κ1) is 11.8. The number of nitrogens with zero attached hydrogens (tertiary/aromatic N) is 2. The molecule has 0 bridgehead atoms. The summed E-state index contributed by atoms with van der Waals surface area (Å²) in [7, 11) is 1.67. The Morgan fingerprint density at radius 1 is 1.35 bits per heavy atom. The van der Waals surface area contributed by atoms with Crippen LogP contribution >= 0.6 is 0 Å². The number of hydrogen-bond donors (Lipinski definition) is 1. The molecule has 92 valence electrons. The fourth-order valence-corrected chi connectivity index (χ4v) is 2.23. The number of benzene rings is 1. The van der Waals surface area contributed by atoms with Crippen molar-refractivity contribution in [3.05, 3.63) is 29.8 Å². The lowest BCUT2D eigenvalue weighted by Crippen LogP contribution is -2.40. The maximum Gasteiger partial charge on any atom is 0.192 e. The third-order valence-corrected chi connectivity index (χ3v) is 3.08. The highest BCUT2D eigenvalue weighted by atomic mass is 16.5. The predicted octanol–water partition coefficient (Wildman–Crippen LogP) is 1.77. The summed E-state index contributed by atoms with van der Waals surface area (Å²) in [5, 5.41) is 0. The summed E-state index contributed by atoms with van der Waals surface area (Å²) in [6.07, 6.45) is 0. The number of hydrogen-bond acceptors (Lipinski definition) is 4. The lowest BCUT2D eigenvalue weighted by Gasteiger charge is -2.30. The molecule has 1 aliphatic heterocycles. The molecular weight excluding hydrogens is 214 g/mol. The van der Waals surface area contributed by atoms with Gasteiger partial charge in [0.1, 0.15) is 5.75 Å². The number of ether oxygens (including phenoxy) is 1. The van der Waals surface area contributed by atoms with Gasteiger partial charge in [-0.2, -0.15) is 0 Å². The predicted molar refractivity (Wildman–Crippen MR) is 69.2 cm³/mol. The maximum atomic E-state index is 5.91. The molecule has 4 nitrogen and oxygen atoms in total. The van der Waals surface area contributed by atoms with Crippen molar-refractivity contribution in [3.63, 3.8) is 0 Å². The van der Waals surface area contributed by atoms with E-state index < -0.39 is 0 Å². The second kappa shape index (κ2) is 4.65. The molecule has 0 radical (unpaired) electrons. The van der Waals surface area contributed by atoms with Crippen LogP contribution in [0.15, 0.2) is 29.3 Å². The van der Waals surface area contributed by atoms with Crippen LogP contribution in [0.25, 0.3) is 0 Å². The van der Waals surface area contributed by atoms with E-state index in [0.717, 1.165) is 12.3 Å². The summed E-state index contributed by atoms with van der Waals surface area (Å²) < 4.78 is 5.16. The molecule has 1 aliphatic rings. The van der Waals surface area contributed by atoms with Gasteiger partial charge in [-0.3, -0.25) is 4.99 Å². The third kappa shape index (κ3) is 2.20. The Morgan fingerprint density at radius 2 is 2.00 bits per heavy atom.